The van der Waals surface area contributed by atoms with E-state index in [0.717, 1.165) is 27.6 Å². The number of nitrogens with one attached hydrogen (secondary N) is 1. The molecule has 0 unspecified atom stereocenters. The Bertz CT molecular complexity index is 759. The molecular formula is C13H13FN4S. The van der Waals surface area contributed by atoms with E-state index < -0.39 is 0 Å². The van der Waals surface area contributed by atoms with Crippen molar-refractivity contribution >= 4 is 27.6 Å². The zero-order valence-corrected chi connectivity index (χ0v) is 11.7. The maximum atomic E-state index is 13.8. The van der Waals surface area contributed by atoms with Gasteiger partial charge >= 0.3 is 0 Å². The minimum atomic E-state index is -0.300. The molecule has 1 N–H and O–H groups in total. The van der Waals surface area contributed by atoms with Gasteiger partial charge in [0.2, 0.25) is 0 Å². The average molecular weight is 276 g/mol. The predicted octanol–water partition coefficient (Wildman–Crippen LogP) is 3.19. The first-order valence-corrected chi connectivity index (χ1v) is 6.66. The lowest BCUT2D eigenvalue weighted by Crippen LogP contribution is -1.96. The Balaban J connectivity index is 2.34. The Labute approximate surface area is 114 Å². The molecule has 0 radical (unpaired) electrons. The van der Waals surface area contributed by atoms with Crippen LogP contribution in [-0.4, -0.2) is 21.0 Å². The maximum Gasteiger partial charge on any atom is 0.151 e. The fourth-order valence-corrected chi connectivity index (χ4v) is 2.95. The highest BCUT2D eigenvalue weighted by atomic mass is 32.1. The third kappa shape index (κ3) is 1.71. The molecule has 2 heterocycles. The van der Waals surface area contributed by atoms with Gasteiger partial charge in [-0.25, -0.2) is 9.37 Å². The summed E-state index contributed by atoms with van der Waals surface area (Å²) >= 11 is 1.39. The molecule has 0 spiro atoms. The fraction of sp³-hybridized carbons (Fsp3) is 0.231. The van der Waals surface area contributed by atoms with Gasteiger partial charge in [0.25, 0.3) is 0 Å². The summed E-state index contributed by atoms with van der Waals surface area (Å²) in [4.78, 5) is 4.44. The molecule has 0 saturated heterocycles. The molecule has 3 rings (SSSR count). The molecule has 0 fully saturated rings. The molecule has 98 valence electrons. The van der Waals surface area contributed by atoms with E-state index in [1.807, 2.05) is 31.7 Å². The number of imidazole rings is 1. The standard InChI is InChI=1S/C13H13FN4S/c1-7-10(13(15-2)19-17-7)12-16-11-8(14)5-4-6-9(11)18(12)3/h4-6,15H,1-3H3. The van der Waals surface area contributed by atoms with E-state index in [-0.39, 0.29) is 5.82 Å². The number of rotatable bonds is 2. The summed E-state index contributed by atoms with van der Waals surface area (Å²) in [5, 5.41) is 4.05. The van der Waals surface area contributed by atoms with Gasteiger partial charge in [-0.05, 0) is 30.6 Å². The largest absolute Gasteiger partial charge is 0.378 e. The minimum Gasteiger partial charge on any atom is -0.378 e. The van der Waals surface area contributed by atoms with Crippen LogP contribution in [0.4, 0.5) is 9.39 Å². The molecule has 2 aromatic heterocycles. The molecule has 0 aliphatic heterocycles. The normalized spacial score (nSPS) is 11.2. The quantitative estimate of drug-likeness (QED) is 0.781. The zero-order chi connectivity index (χ0) is 13.6. The number of para-hydroxylation sites is 1. The fourth-order valence-electron chi connectivity index (χ4n) is 2.21. The van der Waals surface area contributed by atoms with Crippen LogP contribution in [0, 0.1) is 12.7 Å². The first kappa shape index (κ1) is 12.1. The van der Waals surface area contributed by atoms with Crippen LogP contribution in [0.15, 0.2) is 18.2 Å². The third-order valence-corrected chi connectivity index (χ3v) is 4.13. The summed E-state index contributed by atoms with van der Waals surface area (Å²) in [5.74, 6) is 0.432. The Morgan fingerprint density at radius 1 is 1.37 bits per heavy atom. The number of benzene rings is 1. The van der Waals surface area contributed by atoms with Crippen molar-refractivity contribution in [2.24, 2.45) is 7.05 Å². The Hall–Kier alpha value is -1.95. The molecule has 0 aliphatic carbocycles. The number of halogens is 1. The third-order valence-electron chi connectivity index (χ3n) is 3.18. The lowest BCUT2D eigenvalue weighted by molar-refractivity contribution is 0.637. The molecule has 0 amide bonds. The molecule has 0 saturated carbocycles. The van der Waals surface area contributed by atoms with E-state index in [1.165, 1.54) is 17.6 Å². The molecule has 0 bridgehead atoms. The van der Waals surface area contributed by atoms with E-state index in [2.05, 4.69) is 14.7 Å². The number of aryl methyl sites for hydroxylation is 2. The molecule has 19 heavy (non-hydrogen) atoms. The summed E-state index contributed by atoms with van der Waals surface area (Å²) in [6.07, 6.45) is 0. The lowest BCUT2D eigenvalue weighted by atomic mass is 10.2. The maximum absolute atomic E-state index is 13.8. The van der Waals surface area contributed by atoms with Crippen molar-refractivity contribution < 1.29 is 4.39 Å². The monoisotopic (exact) mass is 276 g/mol. The molecular weight excluding hydrogens is 263 g/mol. The van der Waals surface area contributed by atoms with E-state index in [9.17, 15) is 4.39 Å². The minimum absolute atomic E-state index is 0.300. The van der Waals surface area contributed by atoms with Gasteiger partial charge in [0.15, 0.2) is 5.82 Å². The van der Waals surface area contributed by atoms with Crippen LogP contribution in [-0.2, 0) is 7.05 Å². The second-order valence-corrected chi connectivity index (χ2v) is 5.10. The van der Waals surface area contributed by atoms with Crippen LogP contribution in [0.1, 0.15) is 5.69 Å². The van der Waals surface area contributed by atoms with Gasteiger partial charge in [-0.3, -0.25) is 0 Å². The van der Waals surface area contributed by atoms with Gasteiger partial charge in [-0.15, -0.1) is 0 Å². The zero-order valence-electron chi connectivity index (χ0n) is 10.9. The van der Waals surface area contributed by atoms with Crippen LogP contribution in [0.5, 0.6) is 0 Å². The summed E-state index contributed by atoms with van der Waals surface area (Å²) in [6, 6.07) is 4.99. The van der Waals surface area contributed by atoms with Crippen molar-refractivity contribution in [3.8, 4) is 11.4 Å². The highest BCUT2D eigenvalue weighted by Gasteiger charge is 2.19. The van der Waals surface area contributed by atoms with Gasteiger partial charge in [-0.2, -0.15) is 4.37 Å². The summed E-state index contributed by atoms with van der Waals surface area (Å²) in [6.45, 7) is 1.93. The van der Waals surface area contributed by atoms with E-state index >= 15 is 0 Å². The summed E-state index contributed by atoms with van der Waals surface area (Å²) < 4.78 is 20.0. The van der Waals surface area contributed by atoms with E-state index in [0.29, 0.717) is 5.52 Å². The highest BCUT2D eigenvalue weighted by molar-refractivity contribution is 7.10. The van der Waals surface area contributed by atoms with Crippen LogP contribution in [0.3, 0.4) is 0 Å². The van der Waals surface area contributed by atoms with Crippen LogP contribution >= 0.6 is 11.5 Å². The van der Waals surface area contributed by atoms with Crippen molar-refractivity contribution in [2.75, 3.05) is 12.4 Å². The molecule has 3 aromatic rings. The first-order chi connectivity index (χ1) is 9.13. The topological polar surface area (TPSA) is 42.7 Å². The van der Waals surface area contributed by atoms with Crippen molar-refractivity contribution in [1.29, 1.82) is 0 Å². The molecule has 0 aliphatic rings. The van der Waals surface area contributed by atoms with Gasteiger partial charge < -0.3 is 9.88 Å². The lowest BCUT2D eigenvalue weighted by Gasteiger charge is -2.04. The molecule has 4 nitrogen and oxygen atoms in total. The van der Waals surface area contributed by atoms with E-state index in [4.69, 9.17) is 0 Å². The predicted molar refractivity (Wildman–Crippen MR) is 76.1 cm³/mol. The Morgan fingerprint density at radius 2 is 2.16 bits per heavy atom. The smallest absolute Gasteiger partial charge is 0.151 e. The Kier molecular flexibility index (Phi) is 2.74. The molecule has 1 aromatic carbocycles. The average Bonchev–Trinajstić information content (AvgIpc) is 2.92. The number of fused-ring (bicyclic) bond motifs is 1. The van der Waals surface area contributed by atoms with Crippen molar-refractivity contribution in [3.63, 3.8) is 0 Å². The van der Waals surface area contributed by atoms with Gasteiger partial charge in [0, 0.05) is 14.1 Å². The van der Waals surface area contributed by atoms with Crippen molar-refractivity contribution in [2.45, 2.75) is 6.92 Å². The van der Waals surface area contributed by atoms with Gasteiger partial charge in [0.05, 0.1) is 16.8 Å². The first-order valence-electron chi connectivity index (χ1n) is 5.88. The second-order valence-electron chi connectivity index (χ2n) is 4.32. The number of hydrogen-bond donors (Lipinski definition) is 1. The molecule has 0 atom stereocenters. The van der Waals surface area contributed by atoms with Gasteiger partial charge in [0.1, 0.15) is 16.3 Å². The van der Waals surface area contributed by atoms with Crippen LogP contribution in [0.25, 0.3) is 22.4 Å². The number of nitrogens with zero attached hydrogens (tertiary/aromatic N) is 3. The Morgan fingerprint density at radius 3 is 2.84 bits per heavy atom. The number of anilines is 1. The second kappa shape index (κ2) is 4.31. The number of aromatic nitrogens is 3. The van der Waals surface area contributed by atoms with E-state index in [1.54, 1.807) is 6.07 Å². The van der Waals surface area contributed by atoms with Crippen LogP contribution < -0.4 is 5.32 Å². The van der Waals surface area contributed by atoms with Crippen LogP contribution in [0.2, 0.25) is 0 Å². The SMILES string of the molecule is CNc1snc(C)c1-c1nc2c(F)cccc2n1C. The number of hydrogen-bond acceptors (Lipinski definition) is 4. The highest BCUT2D eigenvalue weighted by Crippen LogP contribution is 2.35. The van der Waals surface area contributed by atoms with Crippen molar-refractivity contribution in [1.82, 2.24) is 13.9 Å². The summed E-state index contributed by atoms with van der Waals surface area (Å²) in [5.41, 5.74) is 3.01. The molecule has 6 heteroatoms. The summed E-state index contributed by atoms with van der Waals surface area (Å²) in [7, 11) is 3.74. The van der Waals surface area contributed by atoms with Gasteiger partial charge in [-0.1, -0.05) is 6.07 Å². The van der Waals surface area contributed by atoms with Crippen molar-refractivity contribution in [3.05, 3.63) is 29.7 Å².